The van der Waals surface area contributed by atoms with Crippen molar-refractivity contribution in [1.29, 1.82) is 0 Å². The van der Waals surface area contributed by atoms with Crippen LogP contribution in [0.15, 0.2) is 60.7 Å². The van der Waals surface area contributed by atoms with Crippen molar-refractivity contribution in [3.05, 3.63) is 66.2 Å². The van der Waals surface area contributed by atoms with Gasteiger partial charge in [0, 0.05) is 29.2 Å². The molecule has 0 saturated heterocycles. The first-order valence-electron chi connectivity index (χ1n) is 8.54. The third-order valence-corrected chi connectivity index (χ3v) is 4.44. The van der Waals surface area contributed by atoms with Crippen molar-refractivity contribution in [3.63, 3.8) is 0 Å². The van der Waals surface area contributed by atoms with Gasteiger partial charge >= 0.3 is 0 Å². The molecule has 3 aromatic rings. The third kappa shape index (κ3) is 3.13. The number of hydrogen-bond acceptors (Lipinski definition) is 3. The van der Waals surface area contributed by atoms with Crippen LogP contribution in [0.3, 0.4) is 0 Å². The van der Waals surface area contributed by atoms with E-state index >= 15 is 0 Å². The first-order chi connectivity index (χ1) is 13.0. The van der Waals surface area contributed by atoms with Gasteiger partial charge in [-0.2, -0.15) is 0 Å². The minimum absolute atomic E-state index is 0.0694. The first kappa shape index (κ1) is 16.8. The minimum atomic E-state index is -0.291. The SMILES string of the molecule is CC(=O)Nc1ccc(NC(=O)CN2C(=O)c3cccc4cccc2c34)cc1. The largest absolute Gasteiger partial charge is 0.326 e. The van der Waals surface area contributed by atoms with Crippen molar-refractivity contribution in [2.75, 3.05) is 22.1 Å². The Balaban J connectivity index is 1.50. The van der Waals surface area contributed by atoms with Crippen molar-refractivity contribution < 1.29 is 14.4 Å². The van der Waals surface area contributed by atoms with Crippen LogP contribution in [0, 0.1) is 0 Å². The molecule has 0 saturated carbocycles. The van der Waals surface area contributed by atoms with Gasteiger partial charge in [0.05, 0.1) is 5.69 Å². The Hall–Kier alpha value is -3.67. The van der Waals surface area contributed by atoms with Crippen molar-refractivity contribution in [1.82, 2.24) is 0 Å². The molecule has 6 nitrogen and oxygen atoms in total. The van der Waals surface area contributed by atoms with E-state index in [1.54, 1.807) is 30.3 Å². The van der Waals surface area contributed by atoms with Gasteiger partial charge in [0.25, 0.3) is 5.91 Å². The van der Waals surface area contributed by atoms with Crippen LogP contribution < -0.4 is 15.5 Å². The van der Waals surface area contributed by atoms with Crippen molar-refractivity contribution >= 4 is 45.6 Å². The number of rotatable bonds is 4. The zero-order chi connectivity index (χ0) is 19.0. The average Bonchev–Trinajstić information content (AvgIpc) is 2.91. The van der Waals surface area contributed by atoms with Gasteiger partial charge in [0.15, 0.2) is 0 Å². The summed E-state index contributed by atoms with van der Waals surface area (Å²) in [7, 11) is 0. The summed E-state index contributed by atoms with van der Waals surface area (Å²) in [6, 6.07) is 18.1. The van der Waals surface area contributed by atoms with Crippen LogP contribution in [0.1, 0.15) is 17.3 Å². The first-order valence-corrected chi connectivity index (χ1v) is 8.54. The second-order valence-electron chi connectivity index (χ2n) is 6.38. The van der Waals surface area contributed by atoms with Gasteiger partial charge in [0.2, 0.25) is 11.8 Å². The fraction of sp³-hybridized carbons (Fsp3) is 0.0952. The maximum Gasteiger partial charge on any atom is 0.259 e. The molecular formula is C21H17N3O3. The summed E-state index contributed by atoms with van der Waals surface area (Å²) >= 11 is 0. The normalized spacial score (nSPS) is 12.3. The van der Waals surface area contributed by atoms with Gasteiger partial charge < -0.3 is 10.6 Å². The molecule has 2 N–H and O–H groups in total. The maximum atomic E-state index is 12.7. The van der Waals surface area contributed by atoms with E-state index in [2.05, 4.69) is 10.6 Å². The van der Waals surface area contributed by atoms with E-state index in [0.717, 1.165) is 16.5 Å². The number of hydrogen-bond donors (Lipinski definition) is 2. The van der Waals surface area contributed by atoms with Gasteiger partial charge in [0.1, 0.15) is 6.54 Å². The number of benzene rings is 3. The second kappa shape index (κ2) is 6.57. The molecule has 0 spiro atoms. The highest BCUT2D eigenvalue weighted by molar-refractivity contribution is 6.26. The van der Waals surface area contributed by atoms with E-state index in [1.165, 1.54) is 11.8 Å². The summed E-state index contributed by atoms with van der Waals surface area (Å²) in [6.07, 6.45) is 0. The van der Waals surface area contributed by atoms with Crippen LogP contribution in [0.2, 0.25) is 0 Å². The number of anilines is 3. The summed E-state index contributed by atoms with van der Waals surface area (Å²) in [4.78, 5) is 37.7. The van der Waals surface area contributed by atoms with E-state index < -0.39 is 0 Å². The molecule has 1 aliphatic heterocycles. The van der Waals surface area contributed by atoms with Crippen molar-refractivity contribution in [2.45, 2.75) is 6.92 Å². The second-order valence-corrected chi connectivity index (χ2v) is 6.38. The highest BCUT2D eigenvalue weighted by atomic mass is 16.2. The smallest absolute Gasteiger partial charge is 0.259 e. The van der Waals surface area contributed by atoms with E-state index in [-0.39, 0.29) is 24.3 Å². The van der Waals surface area contributed by atoms with Gasteiger partial charge in [-0.15, -0.1) is 0 Å². The summed E-state index contributed by atoms with van der Waals surface area (Å²) in [5, 5.41) is 7.32. The lowest BCUT2D eigenvalue weighted by atomic mass is 10.1. The highest BCUT2D eigenvalue weighted by Crippen LogP contribution is 2.36. The number of nitrogens with one attached hydrogen (secondary N) is 2. The highest BCUT2D eigenvalue weighted by Gasteiger charge is 2.30. The molecule has 6 heteroatoms. The van der Waals surface area contributed by atoms with Gasteiger partial charge in [-0.05, 0) is 41.8 Å². The molecule has 3 amide bonds. The Morgan fingerprint density at radius 1 is 0.889 bits per heavy atom. The fourth-order valence-electron chi connectivity index (χ4n) is 3.32. The summed E-state index contributed by atoms with van der Waals surface area (Å²) in [6.45, 7) is 1.36. The van der Waals surface area contributed by atoms with Gasteiger partial charge in [-0.25, -0.2) is 0 Å². The Labute approximate surface area is 155 Å². The lowest BCUT2D eigenvalue weighted by molar-refractivity contribution is -0.115. The molecular weight excluding hydrogens is 342 g/mol. The van der Waals surface area contributed by atoms with Crippen LogP contribution in [0.5, 0.6) is 0 Å². The molecule has 0 unspecified atom stereocenters. The third-order valence-electron chi connectivity index (χ3n) is 4.44. The molecule has 0 fully saturated rings. The van der Waals surface area contributed by atoms with Crippen LogP contribution in [0.4, 0.5) is 17.1 Å². The molecule has 134 valence electrons. The van der Waals surface area contributed by atoms with Gasteiger partial charge in [-0.3, -0.25) is 19.3 Å². The van der Waals surface area contributed by atoms with Crippen LogP contribution in [-0.4, -0.2) is 24.3 Å². The molecule has 4 rings (SSSR count). The van der Waals surface area contributed by atoms with E-state index in [4.69, 9.17) is 0 Å². The molecule has 27 heavy (non-hydrogen) atoms. The summed E-state index contributed by atoms with van der Waals surface area (Å²) in [5.74, 6) is -0.619. The molecule has 1 aliphatic rings. The quantitative estimate of drug-likeness (QED) is 0.749. The van der Waals surface area contributed by atoms with Crippen LogP contribution >= 0.6 is 0 Å². The molecule has 0 radical (unpaired) electrons. The zero-order valence-corrected chi connectivity index (χ0v) is 14.7. The summed E-state index contributed by atoms with van der Waals surface area (Å²) in [5.41, 5.74) is 2.62. The fourth-order valence-corrected chi connectivity index (χ4v) is 3.32. The Kier molecular flexibility index (Phi) is 4.08. The monoisotopic (exact) mass is 359 g/mol. The molecule has 1 heterocycles. The summed E-state index contributed by atoms with van der Waals surface area (Å²) < 4.78 is 0. The number of nitrogens with zero attached hydrogens (tertiary/aromatic N) is 1. The maximum absolute atomic E-state index is 12.7. The Morgan fingerprint density at radius 2 is 1.52 bits per heavy atom. The molecule has 0 bridgehead atoms. The topological polar surface area (TPSA) is 78.5 Å². The molecule has 3 aromatic carbocycles. The minimum Gasteiger partial charge on any atom is -0.326 e. The van der Waals surface area contributed by atoms with Gasteiger partial charge in [-0.1, -0.05) is 24.3 Å². The lowest BCUT2D eigenvalue weighted by Gasteiger charge is -2.17. The van der Waals surface area contributed by atoms with Crippen molar-refractivity contribution in [2.24, 2.45) is 0 Å². The molecule has 0 aliphatic carbocycles. The number of amides is 3. The predicted molar refractivity (Wildman–Crippen MR) is 105 cm³/mol. The Bertz CT molecular complexity index is 1070. The van der Waals surface area contributed by atoms with E-state index in [0.29, 0.717) is 16.9 Å². The molecule has 0 atom stereocenters. The lowest BCUT2D eigenvalue weighted by Crippen LogP contribution is -2.35. The zero-order valence-electron chi connectivity index (χ0n) is 14.7. The number of carbonyl (C=O) groups is 3. The van der Waals surface area contributed by atoms with Crippen LogP contribution in [-0.2, 0) is 9.59 Å². The standard InChI is InChI=1S/C21H17N3O3/c1-13(25)22-15-8-10-16(11-9-15)23-19(26)12-24-18-7-3-5-14-4-2-6-17(20(14)18)21(24)27/h2-11H,12H2,1H3,(H,22,25)(H,23,26). The number of carbonyl (C=O) groups excluding carboxylic acids is 3. The van der Waals surface area contributed by atoms with Crippen molar-refractivity contribution in [3.8, 4) is 0 Å². The van der Waals surface area contributed by atoms with Crippen LogP contribution in [0.25, 0.3) is 10.8 Å². The predicted octanol–water partition coefficient (Wildman–Crippen LogP) is 3.40. The van der Waals surface area contributed by atoms with E-state index in [9.17, 15) is 14.4 Å². The van der Waals surface area contributed by atoms with E-state index in [1.807, 2.05) is 30.3 Å². The average molecular weight is 359 g/mol. The Morgan fingerprint density at radius 3 is 2.19 bits per heavy atom. The molecule has 0 aromatic heterocycles.